The number of esters is 1. The molecule has 1 atom stereocenters. The van der Waals surface area contributed by atoms with E-state index in [4.69, 9.17) is 4.74 Å². The highest BCUT2D eigenvalue weighted by molar-refractivity contribution is 6.06. The lowest BCUT2D eigenvalue weighted by atomic mass is 10.1. The third-order valence-corrected chi connectivity index (χ3v) is 5.81. The van der Waals surface area contributed by atoms with Crippen LogP contribution in [0.25, 0.3) is 10.8 Å². The van der Waals surface area contributed by atoms with Crippen LogP contribution in [0.2, 0.25) is 0 Å². The smallest absolute Gasteiger partial charge is 0.311 e. The summed E-state index contributed by atoms with van der Waals surface area (Å²) in [6, 6.07) is 13.7. The Kier molecular flexibility index (Phi) is 5.79. The van der Waals surface area contributed by atoms with E-state index in [1.807, 2.05) is 42.5 Å². The lowest BCUT2D eigenvalue weighted by Crippen LogP contribution is -2.36. The van der Waals surface area contributed by atoms with E-state index in [0.717, 1.165) is 55.2 Å². The van der Waals surface area contributed by atoms with E-state index in [2.05, 4.69) is 0 Å². The molecular formula is C23H26N2O4. The second kappa shape index (κ2) is 8.64. The van der Waals surface area contributed by atoms with Gasteiger partial charge in [0, 0.05) is 31.4 Å². The molecule has 2 amide bonds. The number of carbonyl (C=O) groups excluding carboxylic acids is 3. The molecule has 0 saturated carbocycles. The van der Waals surface area contributed by atoms with Gasteiger partial charge in [-0.2, -0.15) is 0 Å². The van der Waals surface area contributed by atoms with Crippen LogP contribution in [0.4, 0.5) is 5.69 Å². The standard InChI is InChI=1S/C23H26N2O4/c26-21-14-18(23(28)29-16-22(27)24-12-5-1-2-6-13-24)15-25(21)20-11-7-9-17-8-3-4-10-19(17)20/h3-4,7-11,18H,1-2,5-6,12-16H2. The van der Waals surface area contributed by atoms with Crippen molar-refractivity contribution in [3.63, 3.8) is 0 Å². The van der Waals surface area contributed by atoms with Gasteiger partial charge in [0.05, 0.1) is 11.6 Å². The summed E-state index contributed by atoms with van der Waals surface area (Å²) in [4.78, 5) is 40.9. The first-order valence-corrected chi connectivity index (χ1v) is 10.4. The van der Waals surface area contributed by atoms with Crippen LogP contribution in [0.3, 0.4) is 0 Å². The zero-order valence-electron chi connectivity index (χ0n) is 16.5. The Morgan fingerprint density at radius 3 is 2.48 bits per heavy atom. The van der Waals surface area contributed by atoms with Gasteiger partial charge in [-0.15, -0.1) is 0 Å². The average molecular weight is 394 g/mol. The second-order valence-corrected chi connectivity index (χ2v) is 7.81. The molecule has 0 radical (unpaired) electrons. The average Bonchev–Trinajstić information content (AvgIpc) is 2.94. The molecule has 2 heterocycles. The lowest BCUT2D eigenvalue weighted by Gasteiger charge is -2.21. The zero-order valence-corrected chi connectivity index (χ0v) is 16.5. The summed E-state index contributed by atoms with van der Waals surface area (Å²) in [5.41, 5.74) is 0.809. The minimum absolute atomic E-state index is 0.0952. The number of hydrogen-bond acceptors (Lipinski definition) is 4. The number of fused-ring (bicyclic) bond motifs is 1. The van der Waals surface area contributed by atoms with E-state index in [-0.39, 0.29) is 31.4 Å². The quantitative estimate of drug-likeness (QED) is 0.748. The molecular weight excluding hydrogens is 368 g/mol. The molecule has 6 nitrogen and oxygen atoms in total. The third kappa shape index (κ3) is 4.26. The first-order chi connectivity index (χ1) is 14.1. The van der Waals surface area contributed by atoms with Crippen LogP contribution < -0.4 is 4.90 Å². The van der Waals surface area contributed by atoms with Gasteiger partial charge >= 0.3 is 5.97 Å². The largest absolute Gasteiger partial charge is 0.455 e. The molecule has 0 aliphatic carbocycles. The number of carbonyl (C=O) groups is 3. The molecule has 2 aromatic carbocycles. The maximum Gasteiger partial charge on any atom is 0.311 e. The molecule has 0 N–H and O–H groups in total. The maximum absolute atomic E-state index is 12.6. The molecule has 2 aliphatic heterocycles. The van der Waals surface area contributed by atoms with Crippen molar-refractivity contribution >= 4 is 34.2 Å². The molecule has 0 spiro atoms. The number of nitrogens with zero attached hydrogens (tertiary/aromatic N) is 2. The Morgan fingerprint density at radius 2 is 1.69 bits per heavy atom. The van der Waals surface area contributed by atoms with Crippen molar-refractivity contribution in [2.75, 3.05) is 31.1 Å². The number of ether oxygens (including phenoxy) is 1. The van der Waals surface area contributed by atoms with Crippen LogP contribution in [0.1, 0.15) is 32.1 Å². The van der Waals surface area contributed by atoms with Crippen molar-refractivity contribution in [2.24, 2.45) is 5.92 Å². The predicted octanol–water partition coefficient (Wildman–Crippen LogP) is 3.14. The second-order valence-electron chi connectivity index (χ2n) is 7.81. The molecule has 0 aromatic heterocycles. The van der Waals surface area contributed by atoms with Gasteiger partial charge in [-0.1, -0.05) is 49.2 Å². The number of anilines is 1. The number of hydrogen-bond donors (Lipinski definition) is 0. The van der Waals surface area contributed by atoms with Gasteiger partial charge in [0.25, 0.3) is 5.91 Å². The van der Waals surface area contributed by atoms with E-state index in [0.29, 0.717) is 0 Å². The van der Waals surface area contributed by atoms with Gasteiger partial charge in [-0.3, -0.25) is 14.4 Å². The van der Waals surface area contributed by atoms with Crippen molar-refractivity contribution in [2.45, 2.75) is 32.1 Å². The highest BCUT2D eigenvalue weighted by atomic mass is 16.5. The van der Waals surface area contributed by atoms with Crippen LogP contribution in [0.5, 0.6) is 0 Å². The predicted molar refractivity (Wildman–Crippen MR) is 110 cm³/mol. The maximum atomic E-state index is 12.6. The highest BCUT2D eigenvalue weighted by Crippen LogP contribution is 2.32. The molecule has 4 rings (SSSR count). The normalized spacial score (nSPS) is 20.0. The molecule has 2 fully saturated rings. The molecule has 2 aromatic rings. The van der Waals surface area contributed by atoms with Crippen LogP contribution in [0, 0.1) is 5.92 Å². The molecule has 6 heteroatoms. The number of benzene rings is 2. The molecule has 2 aliphatic rings. The summed E-state index contributed by atoms with van der Waals surface area (Å²) in [6.45, 7) is 1.50. The monoisotopic (exact) mass is 394 g/mol. The summed E-state index contributed by atoms with van der Waals surface area (Å²) in [5, 5.41) is 2.03. The van der Waals surface area contributed by atoms with Crippen LogP contribution >= 0.6 is 0 Å². The van der Waals surface area contributed by atoms with Crippen molar-refractivity contribution in [1.29, 1.82) is 0 Å². The topological polar surface area (TPSA) is 66.9 Å². The van der Waals surface area contributed by atoms with E-state index < -0.39 is 11.9 Å². The third-order valence-electron chi connectivity index (χ3n) is 5.81. The fourth-order valence-electron chi connectivity index (χ4n) is 4.20. The SMILES string of the molecule is O=C(OCC(=O)N1CCCCCC1)C1CC(=O)N(c2cccc3ccccc23)C1. The van der Waals surface area contributed by atoms with Crippen LogP contribution in [-0.2, 0) is 19.1 Å². The first-order valence-electron chi connectivity index (χ1n) is 10.4. The highest BCUT2D eigenvalue weighted by Gasteiger charge is 2.37. The van der Waals surface area contributed by atoms with Gasteiger partial charge in [0.2, 0.25) is 5.91 Å². The van der Waals surface area contributed by atoms with Gasteiger partial charge in [0.15, 0.2) is 6.61 Å². The Labute approximate surface area is 170 Å². The van der Waals surface area contributed by atoms with Gasteiger partial charge in [-0.05, 0) is 24.3 Å². The van der Waals surface area contributed by atoms with Crippen molar-refractivity contribution in [3.8, 4) is 0 Å². The van der Waals surface area contributed by atoms with Crippen molar-refractivity contribution in [1.82, 2.24) is 4.90 Å². The minimum Gasteiger partial charge on any atom is -0.455 e. The molecule has 0 bridgehead atoms. The Hall–Kier alpha value is -2.89. The fourth-order valence-corrected chi connectivity index (χ4v) is 4.20. The molecule has 1 unspecified atom stereocenters. The van der Waals surface area contributed by atoms with Gasteiger partial charge in [-0.25, -0.2) is 0 Å². The molecule has 29 heavy (non-hydrogen) atoms. The van der Waals surface area contributed by atoms with Gasteiger partial charge in [0.1, 0.15) is 0 Å². The van der Waals surface area contributed by atoms with E-state index in [1.54, 1.807) is 9.80 Å². The minimum atomic E-state index is -0.543. The molecule has 2 saturated heterocycles. The summed E-state index contributed by atoms with van der Waals surface area (Å²) < 4.78 is 5.29. The fraction of sp³-hybridized carbons (Fsp3) is 0.435. The van der Waals surface area contributed by atoms with Crippen molar-refractivity contribution in [3.05, 3.63) is 42.5 Å². The van der Waals surface area contributed by atoms with E-state index in [1.165, 1.54) is 0 Å². The van der Waals surface area contributed by atoms with Gasteiger partial charge < -0.3 is 14.5 Å². The molecule has 152 valence electrons. The van der Waals surface area contributed by atoms with Crippen LogP contribution in [-0.4, -0.2) is 48.9 Å². The Morgan fingerprint density at radius 1 is 0.966 bits per heavy atom. The number of likely N-dealkylation sites (tertiary alicyclic amines) is 1. The summed E-state index contributed by atoms with van der Waals surface area (Å²) >= 11 is 0. The van der Waals surface area contributed by atoms with Crippen molar-refractivity contribution < 1.29 is 19.1 Å². The summed E-state index contributed by atoms with van der Waals surface area (Å²) in [5.74, 6) is -1.25. The van der Waals surface area contributed by atoms with E-state index in [9.17, 15) is 14.4 Å². The zero-order chi connectivity index (χ0) is 20.2. The Bertz CT molecular complexity index is 913. The Balaban J connectivity index is 1.38. The van der Waals surface area contributed by atoms with E-state index >= 15 is 0 Å². The van der Waals surface area contributed by atoms with Crippen LogP contribution in [0.15, 0.2) is 42.5 Å². The lowest BCUT2D eigenvalue weighted by molar-refractivity contribution is -0.155. The summed E-state index contributed by atoms with van der Waals surface area (Å²) in [7, 11) is 0. The number of rotatable bonds is 4. The number of amides is 2. The first kappa shape index (κ1) is 19.4. The summed E-state index contributed by atoms with van der Waals surface area (Å²) in [6.07, 6.45) is 4.38.